The van der Waals surface area contributed by atoms with E-state index in [0.717, 1.165) is 10.8 Å². The van der Waals surface area contributed by atoms with E-state index >= 15 is 0 Å². The van der Waals surface area contributed by atoms with Crippen LogP contribution in [-0.2, 0) is 0 Å². The van der Waals surface area contributed by atoms with Gasteiger partial charge in [0.25, 0.3) is 0 Å². The Morgan fingerprint density at radius 3 is 2.85 bits per heavy atom. The lowest BCUT2D eigenvalue weighted by atomic mass is 10.2. The summed E-state index contributed by atoms with van der Waals surface area (Å²) in [5.74, 6) is 1.55. The number of nitrogen functional groups attached to an aromatic ring is 1. The first-order valence-corrected chi connectivity index (χ1v) is 5.04. The zero-order valence-corrected chi connectivity index (χ0v) is 8.29. The van der Waals surface area contributed by atoms with Gasteiger partial charge in [0.2, 0.25) is 0 Å². The highest BCUT2D eigenvalue weighted by molar-refractivity contribution is 7.99. The molecule has 0 spiro atoms. The zero-order valence-electron chi connectivity index (χ0n) is 7.47. The van der Waals surface area contributed by atoms with Gasteiger partial charge >= 0.3 is 0 Å². The van der Waals surface area contributed by atoms with Gasteiger partial charge in [-0.05, 0) is 18.1 Å². The second-order valence-electron chi connectivity index (χ2n) is 2.90. The maximum absolute atomic E-state index is 8.79. The van der Waals surface area contributed by atoms with E-state index < -0.39 is 0 Å². The molecule has 0 bridgehead atoms. The number of aliphatic hydroxyl groups is 1. The summed E-state index contributed by atoms with van der Waals surface area (Å²) in [6.45, 7) is 2.19. The minimum atomic E-state index is 0.204. The number of rotatable bonds is 4. The molecule has 0 aliphatic carbocycles. The first-order valence-electron chi connectivity index (χ1n) is 4.05. The lowest BCUT2D eigenvalue weighted by Gasteiger charge is -2.05. The van der Waals surface area contributed by atoms with Gasteiger partial charge in [-0.1, -0.05) is 6.92 Å². The quantitative estimate of drug-likeness (QED) is 0.701. The summed E-state index contributed by atoms with van der Waals surface area (Å²) in [6, 6.07) is 3.55. The smallest absolute Gasteiger partial charge is 0.146 e. The van der Waals surface area contributed by atoms with Crippen LogP contribution in [0.2, 0.25) is 0 Å². The molecule has 0 aliphatic rings. The third-order valence-electron chi connectivity index (χ3n) is 1.49. The molecule has 1 aromatic rings. The summed E-state index contributed by atoms with van der Waals surface area (Å²) < 4.78 is 0. The fraction of sp³-hybridized carbons (Fsp3) is 0.500. The van der Waals surface area contributed by atoms with E-state index in [4.69, 9.17) is 10.8 Å². The van der Waals surface area contributed by atoms with Crippen molar-refractivity contribution in [3.63, 3.8) is 0 Å². The lowest BCUT2D eigenvalue weighted by Crippen LogP contribution is -2.03. The van der Waals surface area contributed by atoms with Gasteiger partial charge < -0.3 is 10.8 Å². The van der Waals surface area contributed by atoms with E-state index in [9.17, 15) is 0 Å². The van der Waals surface area contributed by atoms with E-state index in [1.165, 1.54) is 0 Å². The molecule has 0 saturated heterocycles. The number of nitrogens with two attached hydrogens (primary N) is 1. The van der Waals surface area contributed by atoms with E-state index in [1.807, 2.05) is 13.0 Å². The summed E-state index contributed by atoms with van der Waals surface area (Å²) in [5.41, 5.74) is 5.39. The monoisotopic (exact) mass is 199 g/mol. The van der Waals surface area contributed by atoms with Crippen molar-refractivity contribution in [3.05, 3.63) is 12.1 Å². The maximum atomic E-state index is 8.79. The van der Waals surface area contributed by atoms with Crippen LogP contribution in [0.3, 0.4) is 0 Å². The van der Waals surface area contributed by atoms with Crippen molar-refractivity contribution < 1.29 is 5.11 Å². The molecule has 0 aliphatic heterocycles. The second-order valence-corrected chi connectivity index (χ2v) is 3.94. The third kappa shape index (κ3) is 3.61. The van der Waals surface area contributed by atoms with Crippen molar-refractivity contribution in [3.8, 4) is 0 Å². The normalized spacial score (nSPS) is 12.8. The Morgan fingerprint density at radius 2 is 2.31 bits per heavy atom. The molecular weight excluding hydrogens is 186 g/mol. The fourth-order valence-electron chi connectivity index (χ4n) is 0.688. The van der Waals surface area contributed by atoms with Crippen molar-refractivity contribution in [2.45, 2.75) is 11.9 Å². The largest absolute Gasteiger partial charge is 0.396 e. The zero-order chi connectivity index (χ0) is 9.68. The average molecular weight is 199 g/mol. The molecule has 0 saturated carbocycles. The summed E-state index contributed by atoms with van der Waals surface area (Å²) in [7, 11) is 0. The molecule has 72 valence electrons. The minimum Gasteiger partial charge on any atom is -0.396 e. The van der Waals surface area contributed by atoms with E-state index in [2.05, 4.69) is 10.2 Å². The van der Waals surface area contributed by atoms with Gasteiger partial charge in [-0.15, -0.1) is 22.0 Å². The number of hydrogen-bond acceptors (Lipinski definition) is 5. The van der Waals surface area contributed by atoms with Gasteiger partial charge in [-0.2, -0.15) is 0 Å². The first kappa shape index (κ1) is 10.3. The van der Waals surface area contributed by atoms with Crippen LogP contribution in [0.5, 0.6) is 0 Å². The number of nitrogens with zero attached hydrogens (tertiary/aromatic N) is 2. The van der Waals surface area contributed by atoms with Crippen LogP contribution in [0.1, 0.15) is 6.92 Å². The topological polar surface area (TPSA) is 72.0 Å². The van der Waals surface area contributed by atoms with Crippen molar-refractivity contribution in [2.75, 3.05) is 18.1 Å². The molecule has 5 heteroatoms. The number of thioether (sulfide) groups is 1. The predicted octanol–water partition coefficient (Wildman–Crippen LogP) is 0.779. The third-order valence-corrected chi connectivity index (χ3v) is 2.74. The fourth-order valence-corrected chi connectivity index (χ4v) is 1.51. The maximum Gasteiger partial charge on any atom is 0.146 e. The molecule has 1 unspecified atom stereocenters. The molecule has 13 heavy (non-hydrogen) atoms. The number of aromatic nitrogens is 2. The Bertz CT molecular complexity index is 252. The highest BCUT2D eigenvalue weighted by Crippen LogP contribution is 2.17. The molecule has 0 radical (unpaired) electrons. The predicted molar refractivity (Wildman–Crippen MR) is 53.4 cm³/mol. The van der Waals surface area contributed by atoms with Crippen molar-refractivity contribution in [1.29, 1.82) is 0 Å². The van der Waals surface area contributed by atoms with Crippen molar-refractivity contribution in [1.82, 2.24) is 10.2 Å². The molecule has 0 aromatic carbocycles. The Hall–Kier alpha value is -0.810. The minimum absolute atomic E-state index is 0.204. The van der Waals surface area contributed by atoms with Crippen LogP contribution in [0, 0.1) is 5.92 Å². The standard InChI is InChI=1S/C8H13N3OS/c1-6(4-12)5-13-8-3-2-7(9)10-11-8/h2-3,6,12H,4-5H2,1H3,(H2,9,10). The molecule has 0 amide bonds. The second kappa shape index (κ2) is 5.04. The molecule has 3 N–H and O–H groups in total. The van der Waals surface area contributed by atoms with Crippen LogP contribution in [0.4, 0.5) is 5.82 Å². The lowest BCUT2D eigenvalue weighted by molar-refractivity contribution is 0.250. The molecule has 1 heterocycles. The molecule has 1 rings (SSSR count). The Balaban J connectivity index is 2.41. The molecule has 1 atom stereocenters. The van der Waals surface area contributed by atoms with Gasteiger partial charge in [0, 0.05) is 12.4 Å². The van der Waals surface area contributed by atoms with Gasteiger partial charge in [-0.3, -0.25) is 0 Å². The number of hydrogen-bond donors (Lipinski definition) is 2. The molecule has 1 aromatic heterocycles. The number of aliphatic hydroxyl groups excluding tert-OH is 1. The van der Waals surface area contributed by atoms with Crippen LogP contribution in [-0.4, -0.2) is 27.7 Å². The SMILES string of the molecule is CC(CO)CSc1ccc(N)nn1. The highest BCUT2D eigenvalue weighted by Gasteiger charge is 2.02. The van der Waals surface area contributed by atoms with Crippen molar-refractivity contribution >= 4 is 17.6 Å². The van der Waals surface area contributed by atoms with Gasteiger partial charge in [-0.25, -0.2) is 0 Å². The van der Waals surface area contributed by atoms with Crippen molar-refractivity contribution in [2.24, 2.45) is 5.92 Å². The van der Waals surface area contributed by atoms with E-state index in [-0.39, 0.29) is 12.5 Å². The van der Waals surface area contributed by atoms with E-state index in [1.54, 1.807) is 17.8 Å². The van der Waals surface area contributed by atoms with Crippen LogP contribution in [0.25, 0.3) is 0 Å². The molecule has 4 nitrogen and oxygen atoms in total. The summed E-state index contributed by atoms with van der Waals surface area (Å²) in [4.78, 5) is 0. The van der Waals surface area contributed by atoms with Gasteiger partial charge in [0.1, 0.15) is 10.8 Å². The Kier molecular flexibility index (Phi) is 3.98. The molecule has 0 fully saturated rings. The Morgan fingerprint density at radius 1 is 1.54 bits per heavy atom. The number of anilines is 1. The van der Waals surface area contributed by atoms with Crippen LogP contribution < -0.4 is 5.73 Å². The van der Waals surface area contributed by atoms with E-state index in [0.29, 0.717) is 5.82 Å². The van der Waals surface area contributed by atoms with Crippen LogP contribution >= 0.6 is 11.8 Å². The first-order chi connectivity index (χ1) is 6.22. The highest BCUT2D eigenvalue weighted by atomic mass is 32.2. The van der Waals surface area contributed by atoms with Gasteiger partial charge in [0.05, 0.1) is 0 Å². The Labute approximate surface area is 81.6 Å². The average Bonchev–Trinajstić information content (AvgIpc) is 2.16. The summed E-state index contributed by atoms with van der Waals surface area (Å²) >= 11 is 1.57. The summed E-state index contributed by atoms with van der Waals surface area (Å²) in [6.07, 6.45) is 0. The molecular formula is C8H13N3OS. The van der Waals surface area contributed by atoms with Gasteiger partial charge in [0.15, 0.2) is 0 Å². The summed E-state index contributed by atoms with van der Waals surface area (Å²) in [5, 5.41) is 17.2. The van der Waals surface area contributed by atoms with Crippen LogP contribution in [0.15, 0.2) is 17.2 Å².